The first-order chi connectivity index (χ1) is 9.78. The SMILES string of the molecule is CCOc1cccc(Nc2nccc3n[nH]c(C)c23)c1. The second-order valence-electron chi connectivity index (χ2n) is 4.49. The highest BCUT2D eigenvalue weighted by Gasteiger charge is 2.08. The Morgan fingerprint density at radius 3 is 3.05 bits per heavy atom. The molecule has 20 heavy (non-hydrogen) atoms. The van der Waals surface area contributed by atoms with Crippen molar-refractivity contribution >= 4 is 22.4 Å². The van der Waals surface area contributed by atoms with Gasteiger partial charge in [0.25, 0.3) is 0 Å². The van der Waals surface area contributed by atoms with E-state index in [0.29, 0.717) is 6.61 Å². The summed E-state index contributed by atoms with van der Waals surface area (Å²) in [5.74, 6) is 1.64. The van der Waals surface area contributed by atoms with Gasteiger partial charge in [0, 0.05) is 23.6 Å². The summed E-state index contributed by atoms with van der Waals surface area (Å²) in [6.45, 7) is 4.61. The van der Waals surface area contributed by atoms with Crippen molar-refractivity contribution in [3.63, 3.8) is 0 Å². The van der Waals surface area contributed by atoms with Gasteiger partial charge in [0.15, 0.2) is 0 Å². The van der Waals surface area contributed by atoms with Gasteiger partial charge < -0.3 is 10.1 Å². The Kier molecular flexibility index (Phi) is 3.25. The molecular weight excluding hydrogens is 252 g/mol. The number of aryl methyl sites for hydroxylation is 1. The summed E-state index contributed by atoms with van der Waals surface area (Å²) in [5, 5.41) is 11.5. The average Bonchev–Trinajstić information content (AvgIpc) is 2.83. The molecule has 0 aliphatic heterocycles. The summed E-state index contributed by atoms with van der Waals surface area (Å²) in [6.07, 6.45) is 1.75. The van der Waals surface area contributed by atoms with Crippen LogP contribution < -0.4 is 10.1 Å². The molecule has 5 nitrogen and oxygen atoms in total. The summed E-state index contributed by atoms with van der Waals surface area (Å²) in [7, 11) is 0. The van der Waals surface area contributed by atoms with Crippen molar-refractivity contribution in [1.29, 1.82) is 0 Å². The van der Waals surface area contributed by atoms with Crippen molar-refractivity contribution in [2.75, 3.05) is 11.9 Å². The first kappa shape index (κ1) is 12.5. The fourth-order valence-electron chi connectivity index (χ4n) is 2.18. The Morgan fingerprint density at radius 1 is 1.30 bits per heavy atom. The molecule has 0 radical (unpaired) electrons. The quantitative estimate of drug-likeness (QED) is 0.761. The zero-order valence-electron chi connectivity index (χ0n) is 11.5. The molecule has 0 atom stereocenters. The third-order valence-electron chi connectivity index (χ3n) is 3.06. The Bertz CT molecular complexity index is 736. The topological polar surface area (TPSA) is 62.8 Å². The van der Waals surface area contributed by atoms with E-state index in [4.69, 9.17) is 4.74 Å². The van der Waals surface area contributed by atoms with Crippen LogP contribution in [0.5, 0.6) is 5.75 Å². The molecule has 0 saturated heterocycles. The van der Waals surface area contributed by atoms with Gasteiger partial charge in [-0.1, -0.05) is 6.07 Å². The molecule has 2 heterocycles. The summed E-state index contributed by atoms with van der Waals surface area (Å²) < 4.78 is 5.50. The van der Waals surface area contributed by atoms with E-state index in [2.05, 4.69) is 20.5 Å². The Hall–Kier alpha value is -2.56. The molecule has 5 heteroatoms. The third-order valence-corrected chi connectivity index (χ3v) is 3.06. The molecule has 0 aliphatic rings. The Labute approximate surface area is 117 Å². The molecule has 0 bridgehead atoms. The van der Waals surface area contributed by atoms with Crippen LogP contribution in [-0.2, 0) is 0 Å². The number of hydrogen-bond acceptors (Lipinski definition) is 4. The fourth-order valence-corrected chi connectivity index (χ4v) is 2.18. The molecule has 2 N–H and O–H groups in total. The van der Waals surface area contributed by atoms with Crippen LogP contribution in [0.25, 0.3) is 10.9 Å². The number of nitrogens with one attached hydrogen (secondary N) is 2. The largest absolute Gasteiger partial charge is 0.494 e. The summed E-state index contributed by atoms with van der Waals surface area (Å²) >= 11 is 0. The number of anilines is 2. The molecule has 0 aliphatic carbocycles. The van der Waals surface area contributed by atoms with Gasteiger partial charge >= 0.3 is 0 Å². The van der Waals surface area contributed by atoms with Gasteiger partial charge in [0.1, 0.15) is 11.6 Å². The highest BCUT2D eigenvalue weighted by atomic mass is 16.5. The van der Waals surface area contributed by atoms with Gasteiger partial charge in [-0.3, -0.25) is 5.10 Å². The maximum absolute atomic E-state index is 5.50. The summed E-state index contributed by atoms with van der Waals surface area (Å²) in [5.41, 5.74) is 2.84. The minimum absolute atomic E-state index is 0.651. The second-order valence-corrected chi connectivity index (χ2v) is 4.49. The molecular formula is C15H16N4O. The van der Waals surface area contributed by atoms with Crippen molar-refractivity contribution in [3.8, 4) is 5.75 Å². The molecule has 0 spiro atoms. The van der Waals surface area contributed by atoms with Crippen molar-refractivity contribution in [2.24, 2.45) is 0 Å². The normalized spacial score (nSPS) is 10.7. The van der Waals surface area contributed by atoms with E-state index in [9.17, 15) is 0 Å². The molecule has 1 aromatic carbocycles. The van der Waals surface area contributed by atoms with E-state index in [1.54, 1.807) is 6.20 Å². The van der Waals surface area contributed by atoms with Gasteiger partial charge in [-0.05, 0) is 32.0 Å². The molecule has 0 fully saturated rings. The first-order valence-corrected chi connectivity index (χ1v) is 6.57. The van der Waals surface area contributed by atoms with E-state index in [-0.39, 0.29) is 0 Å². The number of H-pyrrole nitrogens is 1. The number of aromatic nitrogens is 3. The zero-order chi connectivity index (χ0) is 13.9. The zero-order valence-corrected chi connectivity index (χ0v) is 11.5. The molecule has 0 unspecified atom stereocenters. The molecule has 3 aromatic rings. The number of nitrogens with zero attached hydrogens (tertiary/aromatic N) is 2. The van der Waals surface area contributed by atoms with Gasteiger partial charge in [-0.25, -0.2) is 4.98 Å². The van der Waals surface area contributed by atoms with Crippen LogP contribution in [0.3, 0.4) is 0 Å². The van der Waals surface area contributed by atoms with Crippen LogP contribution >= 0.6 is 0 Å². The maximum atomic E-state index is 5.50. The van der Waals surface area contributed by atoms with Gasteiger partial charge in [-0.15, -0.1) is 0 Å². The van der Waals surface area contributed by atoms with Gasteiger partial charge in [0.2, 0.25) is 0 Å². The number of rotatable bonds is 4. The highest BCUT2D eigenvalue weighted by Crippen LogP contribution is 2.26. The molecule has 0 saturated carbocycles. The number of pyridine rings is 1. The summed E-state index contributed by atoms with van der Waals surface area (Å²) in [4.78, 5) is 4.40. The summed E-state index contributed by atoms with van der Waals surface area (Å²) in [6, 6.07) is 9.72. The van der Waals surface area contributed by atoms with E-state index in [0.717, 1.165) is 33.9 Å². The number of aromatic amines is 1. The smallest absolute Gasteiger partial charge is 0.141 e. The predicted octanol–water partition coefficient (Wildman–Crippen LogP) is 3.41. The molecule has 2 aromatic heterocycles. The van der Waals surface area contributed by atoms with Crippen molar-refractivity contribution in [1.82, 2.24) is 15.2 Å². The standard InChI is InChI=1S/C15H16N4O/c1-3-20-12-6-4-5-11(9-12)17-15-14-10(2)18-19-13(14)7-8-16-15/h4-9H,3H2,1-2H3,(H,16,17)(H,18,19). The second kappa shape index (κ2) is 5.21. The predicted molar refractivity (Wildman–Crippen MR) is 79.5 cm³/mol. The molecule has 0 amide bonds. The Morgan fingerprint density at radius 2 is 2.20 bits per heavy atom. The van der Waals surface area contributed by atoms with Crippen LogP contribution in [0, 0.1) is 6.92 Å². The lowest BCUT2D eigenvalue weighted by atomic mass is 10.2. The Balaban J connectivity index is 1.97. The molecule has 3 rings (SSSR count). The fraction of sp³-hybridized carbons (Fsp3) is 0.200. The number of benzene rings is 1. The monoisotopic (exact) mass is 268 g/mol. The van der Waals surface area contributed by atoms with Crippen LogP contribution in [0.15, 0.2) is 36.5 Å². The van der Waals surface area contributed by atoms with Gasteiger partial charge in [0.05, 0.1) is 17.5 Å². The van der Waals surface area contributed by atoms with Crippen molar-refractivity contribution in [3.05, 3.63) is 42.2 Å². The van der Waals surface area contributed by atoms with Crippen LogP contribution in [-0.4, -0.2) is 21.8 Å². The maximum Gasteiger partial charge on any atom is 0.141 e. The van der Waals surface area contributed by atoms with E-state index < -0.39 is 0 Å². The highest BCUT2D eigenvalue weighted by molar-refractivity contribution is 5.92. The lowest BCUT2D eigenvalue weighted by Gasteiger charge is -2.09. The number of fused-ring (bicyclic) bond motifs is 1. The first-order valence-electron chi connectivity index (χ1n) is 6.57. The lowest BCUT2D eigenvalue weighted by Crippen LogP contribution is -1.96. The molecule has 102 valence electrons. The minimum Gasteiger partial charge on any atom is -0.494 e. The van der Waals surface area contributed by atoms with E-state index >= 15 is 0 Å². The minimum atomic E-state index is 0.651. The van der Waals surface area contributed by atoms with Crippen molar-refractivity contribution < 1.29 is 4.74 Å². The lowest BCUT2D eigenvalue weighted by molar-refractivity contribution is 0.340. The van der Waals surface area contributed by atoms with Crippen LogP contribution in [0.2, 0.25) is 0 Å². The van der Waals surface area contributed by atoms with E-state index in [1.165, 1.54) is 0 Å². The van der Waals surface area contributed by atoms with E-state index in [1.807, 2.05) is 44.2 Å². The third kappa shape index (κ3) is 2.30. The number of hydrogen-bond donors (Lipinski definition) is 2. The van der Waals surface area contributed by atoms with Crippen LogP contribution in [0.1, 0.15) is 12.6 Å². The van der Waals surface area contributed by atoms with Gasteiger partial charge in [-0.2, -0.15) is 5.10 Å². The number of ether oxygens (including phenoxy) is 1. The average molecular weight is 268 g/mol. The van der Waals surface area contributed by atoms with Crippen molar-refractivity contribution in [2.45, 2.75) is 13.8 Å². The van der Waals surface area contributed by atoms with Crippen LogP contribution in [0.4, 0.5) is 11.5 Å².